The minimum absolute atomic E-state index is 0.236. The molecule has 13 heavy (non-hydrogen) atoms. The van der Waals surface area contributed by atoms with E-state index >= 15 is 0 Å². The SMILES string of the molecule is CC(C)C(C)C1(C(=O)O)CCNC1. The second kappa shape index (κ2) is 3.66. The Bertz CT molecular complexity index is 195. The van der Waals surface area contributed by atoms with Crippen LogP contribution in [0.2, 0.25) is 0 Å². The highest BCUT2D eigenvalue weighted by Gasteiger charge is 2.46. The van der Waals surface area contributed by atoms with Crippen molar-refractivity contribution in [3.63, 3.8) is 0 Å². The first kappa shape index (κ1) is 10.5. The van der Waals surface area contributed by atoms with Gasteiger partial charge in [-0.15, -0.1) is 0 Å². The van der Waals surface area contributed by atoms with Gasteiger partial charge in [0.05, 0.1) is 5.41 Å². The van der Waals surface area contributed by atoms with E-state index in [1.807, 2.05) is 6.92 Å². The third-order valence-corrected chi connectivity index (χ3v) is 3.49. The van der Waals surface area contributed by atoms with E-state index < -0.39 is 11.4 Å². The van der Waals surface area contributed by atoms with Crippen LogP contribution in [0.5, 0.6) is 0 Å². The Hall–Kier alpha value is -0.570. The molecule has 0 aromatic carbocycles. The van der Waals surface area contributed by atoms with E-state index in [4.69, 9.17) is 0 Å². The van der Waals surface area contributed by atoms with Crippen LogP contribution in [0.3, 0.4) is 0 Å². The Labute approximate surface area is 79.5 Å². The van der Waals surface area contributed by atoms with Crippen molar-refractivity contribution in [2.45, 2.75) is 27.2 Å². The van der Waals surface area contributed by atoms with Gasteiger partial charge in [-0.25, -0.2) is 0 Å². The molecule has 3 nitrogen and oxygen atoms in total. The Morgan fingerprint density at radius 3 is 2.38 bits per heavy atom. The fraction of sp³-hybridized carbons (Fsp3) is 0.900. The van der Waals surface area contributed by atoms with Gasteiger partial charge in [0.1, 0.15) is 0 Å². The molecule has 1 rings (SSSR count). The molecule has 0 spiro atoms. The molecule has 2 unspecified atom stereocenters. The molecule has 2 atom stereocenters. The maximum absolute atomic E-state index is 11.2. The molecule has 0 bridgehead atoms. The van der Waals surface area contributed by atoms with Crippen molar-refractivity contribution in [1.29, 1.82) is 0 Å². The predicted octanol–water partition coefficient (Wildman–Crippen LogP) is 1.34. The summed E-state index contributed by atoms with van der Waals surface area (Å²) in [6.45, 7) is 7.69. The van der Waals surface area contributed by atoms with Crippen LogP contribution in [0, 0.1) is 17.3 Å². The molecule has 0 saturated carbocycles. The number of carboxylic acid groups (broad SMARTS) is 1. The maximum Gasteiger partial charge on any atom is 0.311 e. The number of carboxylic acids is 1. The highest BCUT2D eigenvalue weighted by Crippen LogP contribution is 2.38. The normalized spacial score (nSPS) is 30.8. The van der Waals surface area contributed by atoms with Crippen LogP contribution < -0.4 is 5.32 Å². The number of nitrogens with one attached hydrogen (secondary N) is 1. The lowest BCUT2D eigenvalue weighted by molar-refractivity contribution is -0.151. The number of hydrogen-bond donors (Lipinski definition) is 2. The lowest BCUT2D eigenvalue weighted by Crippen LogP contribution is -2.41. The van der Waals surface area contributed by atoms with Gasteiger partial charge in [0.15, 0.2) is 0 Å². The first-order valence-corrected chi connectivity index (χ1v) is 4.95. The minimum Gasteiger partial charge on any atom is -0.481 e. The van der Waals surface area contributed by atoms with E-state index in [1.54, 1.807) is 0 Å². The van der Waals surface area contributed by atoms with Crippen LogP contribution in [-0.2, 0) is 4.79 Å². The summed E-state index contributed by atoms with van der Waals surface area (Å²) in [7, 11) is 0. The van der Waals surface area contributed by atoms with Gasteiger partial charge >= 0.3 is 5.97 Å². The Balaban J connectivity index is 2.84. The molecule has 3 heteroatoms. The lowest BCUT2D eigenvalue weighted by Gasteiger charge is -2.33. The van der Waals surface area contributed by atoms with Gasteiger partial charge in [0, 0.05) is 6.54 Å². The second-order valence-electron chi connectivity index (χ2n) is 4.42. The minimum atomic E-state index is -0.640. The monoisotopic (exact) mass is 185 g/mol. The molecule has 0 aromatic heterocycles. The molecule has 1 aliphatic rings. The van der Waals surface area contributed by atoms with Crippen LogP contribution >= 0.6 is 0 Å². The summed E-state index contributed by atoms with van der Waals surface area (Å²) in [6, 6.07) is 0. The van der Waals surface area contributed by atoms with Gasteiger partial charge in [-0.3, -0.25) is 4.79 Å². The molecule has 1 heterocycles. The van der Waals surface area contributed by atoms with E-state index in [-0.39, 0.29) is 5.92 Å². The molecular formula is C10H19NO2. The zero-order valence-electron chi connectivity index (χ0n) is 8.63. The molecule has 76 valence electrons. The topological polar surface area (TPSA) is 49.3 Å². The molecule has 0 radical (unpaired) electrons. The van der Waals surface area contributed by atoms with Gasteiger partial charge in [0.2, 0.25) is 0 Å². The van der Waals surface area contributed by atoms with Gasteiger partial charge in [-0.05, 0) is 24.8 Å². The summed E-state index contributed by atoms with van der Waals surface area (Å²) in [6.07, 6.45) is 0.766. The summed E-state index contributed by atoms with van der Waals surface area (Å²) in [5, 5.41) is 12.4. The van der Waals surface area contributed by atoms with E-state index in [9.17, 15) is 9.90 Å². The van der Waals surface area contributed by atoms with Crippen molar-refractivity contribution >= 4 is 5.97 Å². The van der Waals surface area contributed by atoms with Crippen LogP contribution in [0.25, 0.3) is 0 Å². The summed E-state index contributed by atoms with van der Waals surface area (Å²) in [5.74, 6) is 0.0229. The first-order chi connectivity index (χ1) is 6.00. The molecule has 0 amide bonds. The highest BCUT2D eigenvalue weighted by atomic mass is 16.4. The smallest absolute Gasteiger partial charge is 0.311 e. The van der Waals surface area contributed by atoms with Crippen molar-refractivity contribution < 1.29 is 9.90 Å². The number of aliphatic carboxylic acids is 1. The molecule has 1 saturated heterocycles. The second-order valence-corrected chi connectivity index (χ2v) is 4.42. The van der Waals surface area contributed by atoms with Gasteiger partial charge < -0.3 is 10.4 Å². The number of carbonyl (C=O) groups is 1. The third-order valence-electron chi connectivity index (χ3n) is 3.49. The van der Waals surface area contributed by atoms with Crippen molar-refractivity contribution in [1.82, 2.24) is 5.32 Å². The third kappa shape index (κ3) is 1.70. The largest absolute Gasteiger partial charge is 0.481 e. The average Bonchev–Trinajstić information content (AvgIpc) is 2.51. The molecule has 1 fully saturated rings. The fourth-order valence-electron chi connectivity index (χ4n) is 2.12. The van der Waals surface area contributed by atoms with Crippen molar-refractivity contribution in [3.05, 3.63) is 0 Å². The van der Waals surface area contributed by atoms with Gasteiger partial charge in [-0.2, -0.15) is 0 Å². The standard InChI is InChI=1S/C10H19NO2/c1-7(2)8(3)10(9(12)13)4-5-11-6-10/h7-8,11H,4-6H2,1-3H3,(H,12,13). The summed E-state index contributed by atoms with van der Waals surface area (Å²) in [4.78, 5) is 11.2. The quantitative estimate of drug-likeness (QED) is 0.697. The Kier molecular flexibility index (Phi) is 2.96. The zero-order valence-corrected chi connectivity index (χ0v) is 8.63. The van der Waals surface area contributed by atoms with E-state index in [0.29, 0.717) is 12.5 Å². The fourth-order valence-corrected chi connectivity index (χ4v) is 2.12. The van der Waals surface area contributed by atoms with E-state index in [0.717, 1.165) is 13.0 Å². The summed E-state index contributed by atoms with van der Waals surface area (Å²) >= 11 is 0. The zero-order chi connectivity index (χ0) is 10.1. The van der Waals surface area contributed by atoms with Crippen LogP contribution in [0.4, 0.5) is 0 Å². The van der Waals surface area contributed by atoms with Crippen molar-refractivity contribution in [2.24, 2.45) is 17.3 Å². The molecular weight excluding hydrogens is 166 g/mol. The van der Waals surface area contributed by atoms with E-state index in [1.165, 1.54) is 0 Å². The molecule has 1 aliphatic heterocycles. The molecule has 2 N–H and O–H groups in total. The van der Waals surface area contributed by atoms with Gasteiger partial charge in [0.25, 0.3) is 0 Å². The number of hydrogen-bond acceptors (Lipinski definition) is 2. The van der Waals surface area contributed by atoms with Crippen LogP contribution in [-0.4, -0.2) is 24.2 Å². The Morgan fingerprint density at radius 2 is 2.08 bits per heavy atom. The van der Waals surface area contributed by atoms with Crippen LogP contribution in [0.1, 0.15) is 27.2 Å². The average molecular weight is 185 g/mol. The summed E-state index contributed by atoms with van der Waals surface area (Å²) < 4.78 is 0. The van der Waals surface area contributed by atoms with Gasteiger partial charge in [-0.1, -0.05) is 20.8 Å². The summed E-state index contributed by atoms with van der Waals surface area (Å²) in [5.41, 5.74) is -0.520. The maximum atomic E-state index is 11.2. The molecule has 0 aliphatic carbocycles. The molecule has 0 aromatic rings. The first-order valence-electron chi connectivity index (χ1n) is 4.95. The highest BCUT2D eigenvalue weighted by molar-refractivity contribution is 5.75. The van der Waals surface area contributed by atoms with Crippen molar-refractivity contribution in [3.8, 4) is 0 Å². The lowest BCUT2D eigenvalue weighted by atomic mass is 9.70. The predicted molar refractivity (Wildman–Crippen MR) is 51.6 cm³/mol. The number of rotatable bonds is 3. The van der Waals surface area contributed by atoms with Crippen LogP contribution in [0.15, 0.2) is 0 Å². The Morgan fingerprint density at radius 1 is 1.46 bits per heavy atom. The van der Waals surface area contributed by atoms with E-state index in [2.05, 4.69) is 19.2 Å². The van der Waals surface area contributed by atoms with Crippen molar-refractivity contribution in [2.75, 3.05) is 13.1 Å².